The van der Waals surface area contributed by atoms with Gasteiger partial charge in [0.05, 0.1) is 0 Å². The van der Waals surface area contributed by atoms with Crippen molar-refractivity contribution in [3.8, 4) is 0 Å². The maximum atomic E-state index is 12.0. The lowest BCUT2D eigenvalue weighted by Gasteiger charge is -2.16. The molecule has 1 amide bonds. The van der Waals surface area contributed by atoms with Crippen LogP contribution in [-0.2, 0) is 11.2 Å². The van der Waals surface area contributed by atoms with Crippen LogP contribution < -0.4 is 5.32 Å². The highest BCUT2D eigenvalue weighted by Crippen LogP contribution is 2.09. The monoisotopic (exact) mass is 277 g/mol. The Bertz CT molecular complexity index is 451. The van der Waals surface area contributed by atoms with Gasteiger partial charge >= 0.3 is 5.97 Å². The molecule has 0 aliphatic rings. The largest absolute Gasteiger partial charge is 0.480 e. The summed E-state index contributed by atoms with van der Waals surface area (Å²) in [4.78, 5) is 23.2. The molecular weight excluding hydrogens is 254 g/mol. The van der Waals surface area contributed by atoms with Gasteiger partial charge in [-0.15, -0.1) is 0 Å². The molecule has 4 nitrogen and oxygen atoms in total. The van der Waals surface area contributed by atoms with Gasteiger partial charge in [0.25, 0.3) is 5.91 Å². The standard InChI is InChI=1S/C16H23NO3/c1-4-5-12-6-8-13(9-7-12)15(18)17-14(16(19)20)10-11(2)3/h6-9,11,14H,4-5,10H2,1-3H3,(H,17,18)(H,19,20). The number of nitrogens with one attached hydrogen (secondary N) is 1. The van der Waals surface area contributed by atoms with Crippen molar-refractivity contribution >= 4 is 11.9 Å². The third-order valence-electron chi connectivity index (χ3n) is 3.07. The number of carbonyl (C=O) groups is 2. The Morgan fingerprint density at radius 2 is 1.80 bits per heavy atom. The third-order valence-corrected chi connectivity index (χ3v) is 3.07. The minimum Gasteiger partial charge on any atom is -0.480 e. The molecule has 0 saturated carbocycles. The van der Waals surface area contributed by atoms with Gasteiger partial charge in [-0.05, 0) is 36.5 Å². The molecule has 4 heteroatoms. The molecule has 2 N–H and O–H groups in total. The van der Waals surface area contributed by atoms with Gasteiger partial charge in [-0.2, -0.15) is 0 Å². The fourth-order valence-electron chi connectivity index (χ4n) is 2.05. The van der Waals surface area contributed by atoms with E-state index in [2.05, 4.69) is 12.2 Å². The molecule has 0 radical (unpaired) electrons. The molecule has 0 aliphatic heterocycles. The molecule has 110 valence electrons. The SMILES string of the molecule is CCCc1ccc(C(=O)NC(CC(C)C)C(=O)O)cc1. The number of benzene rings is 1. The van der Waals surface area contributed by atoms with Crippen LogP contribution >= 0.6 is 0 Å². The molecule has 1 aromatic rings. The molecule has 0 fully saturated rings. The number of rotatable bonds is 7. The van der Waals surface area contributed by atoms with Crippen molar-refractivity contribution in [2.75, 3.05) is 0 Å². The minimum absolute atomic E-state index is 0.211. The van der Waals surface area contributed by atoms with Crippen LogP contribution in [0.1, 0.15) is 49.5 Å². The van der Waals surface area contributed by atoms with Crippen molar-refractivity contribution in [1.82, 2.24) is 5.32 Å². The van der Waals surface area contributed by atoms with Gasteiger partial charge in [0.15, 0.2) is 0 Å². The Hall–Kier alpha value is -1.84. The first-order valence-corrected chi connectivity index (χ1v) is 7.06. The van der Waals surface area contributed by atoms with E-state index in [9.17, 15) is 9.59 Å². The molecule has 0 aliphatic carbocycles. The Balaban J connectivity index is 2.70. The summed E-state index contributed by atoms with van der Waals surface area (Å²) in [6.07, 6.45) is 2.46. The zero-order chi connectivity index (χ0) is 15.1. The fourth-order valence-corrected chi connectivity index (χ4v) is 2.05. The molecule has 0 aromatic heterocycles. The van der Waals surface area contributed by atoms with Crippen molar-refractivity contribution in [1.29, 1.82) is 0 Å². The molecule has 0 heterocycles. The van der Waals surface area contributed by atoms with Gasteiger partial charge < -0.3 is 10.4 Å². The molecule has 1 rings (SSSR count). The van der Waals surface area contributed by atoms with E-state index in [1.807, 2.05) is 26.0 Å². The van der Waals surface area contributed by atoms with Crippen molar-refractivity contribution in [2.45, 2.75) is 46.1 Å². The summed E-state index contributed by atoms with van der Waals surface area (Å²) >= 11 is 0. The van der Waals surface area contributed by atoms with E-state index >= 15 is 0 Å². The highest BCUT2D eigenvalue weighted by molar-refractivity contribution is 5.96. The Labute approximate surface area is 120 Å². The third kappa shape index (κ3) is 5.03. The summed E-state index contributed by atoms with van der Waals surface area (Å²) in [5.74, 6) is -1.11. The first-order chi connectivity index (χ1) is 9.43. The van der Waals surface area contributed by atoms with E-state index in [1.165, 1.54) is 5.56 Å². The molecule has 1 aromatic carbocycles. The summed E-state index contributed by atoms with van der Waals surface area (Å²) < 4.78 is 0. The van der Waals surface area contributed by atoms with Gasteiger partial charge in [0.2, 0.25) is 0 Å². The number of carboxylic acid groups (broad SMARTS) is 1. The van der Waals surface area contributed by atoms with Crippen molar-refractivity contribution in [3.63, 3.8) is 0 Å². The second-order valence-corrected chi connectivity index (χ2v) is 5.44. The topological polar surface area (TPSA) is 66.4 Å². The van der Waals surface area contributed by atoms with Gasteiger partial charge in [-0.3, -0.25) is 4.79 Å². The zero-order valence-electron chi connectivity index (χ0n) is 12.3. The molecule has 0 saturated heterocycles. The van der Waals surface area contributed by atoms with Crippen LogP contribution in [0.3, 0.4) is 0 Å². The van der Waals surface area contributed by atoms with E-state index in [0.29, 0.717) is 12.0 Å². The molecule has 0 bridgehead atoms. The van der Waals surface area contributed by atoms with E-state index in [-0.39, 0.29) is 11.8 Å². The number of aryl methyl sites for hydroxylation is 1. The van der Waals surface area contributed by atoms with Crippen LogP contribution in [0.2, 0.25) is 0 Å². The van der Waals surface area contributed by atoms with E-state index < -0.39 is 12.0 Å². The molecule has 0 spiro atoms. The molecule has 1 unspecified atom stereocenters. The van der Waals surface area contributed by atoms with Crippen LogP contribution in [0.25, 0.3) is 0 Å². The number of hydrogen-bond donors (Lipinski definition) is 2. The Morgan fingerprint density at radius 3 is 2.25 bits per heavy atom. The second-order valence-electron chi connectivity index (χ2n) is 5.44. The number of carbonyl (C=O) groups excluding carboxylic acids is 1. The Morgan fingerprint density at radius 1 is 1.20 bits per heavy atom. The summed E-state index contributed by atoms with van der Waals surface area (Å²) in [7, 11) is 0. The van der Waals surface area contributed by atoms with Crippen LogP contribution in [-0.4, -0.2) is 23.0 Å². The van der Waals surface area contributed by atoms with Gasteiger partial charge in [0, 0.05) is 5.56 Å². The van der Waals surface area contributed by atoms with Crippen LogP contribution in [0, 0.1) is 5.92 Å². The molecule has 20 heavy (non-hydrogen) atoms. The number of amides is 1. The maximum absolute atomic E-state index is 12.0. The Kier molecular flexibility index (Phi) is 6.22. The minimum atomic E-state index is -0.991. The van der Waals surface area contributed by atoms with Gasteiger partial charge in [0.1, 0.15) is 6.04 Å². The van der Waals surface area contributed by atoms with Gasteiger partial charge in [-0.1, -0.05) is 39.3 Å². The first kappa shape index (κ1) is 16.2. The maximum Gasteiger partial charge on any atom is 0.326 e. The van der Waals surface area contributed by atoms with Crippen molar-refractivity contribution < 1.29 is 14.7 Å². The zero-order valence-corrected chi connectivity index (χ0v) is 12.3. The smallest absolute Gasteiger partial charge is 0.326 e. The van der Waals surface area contributed by atoms with Crippen LogP contribution in [0.5, 0.6) is 0 Å². The van der Waals surface area contributed by atoms with E-state index in [1.54, 1.807) is 12.1 Å². The molecular formula is C16H23NO3. The summed E-state index contributed by atoms with van der Waals surface area (Å²) in [5, 5.41) is 11.7. The first-order valence-electron chi connectivity index (χ1n) is 7.06. The predicted octanol–water partition coefficient (Wildman–Crippen LogP) is 2.87. The van der Waals surface area contributed by atoms with Gasteiger partial charge in [-0.25, -0.2) is 4.79 Å². The van der Waals surface area contributed by atoms with E-state index in [0.717, 1.165) is 12.8 Å². The lowest BCUT2D eigenvalue weighted by molar-refractivity contribution is -0.139. The van der Waals surface area contributed by atoms with Crippen molar-refractivity contribution in [2.24, 2.45) is 5.92 Å². The fraction of sp³-hybridized carbons (Fsp3) is 0.500. The quantitative estimate of drug-likeness (QED) is 0.805. The normalized spacial score (nSPS) is 12.2. The number of carboxylic acids is 1. The van der Waals surface area contributed by atoms with Crippen molar-refractivity contribution in [3.05, 3.63) is 35.4 Å². The lowest BCUT2D eigenvalue weighted by atomic mass is 10.0. The molecule has 1 atom stereocenters. The highest BCUT2D eigenvalue weighted by atomic mass is 16.4. The summed E-state index contributed by atoms with van der Waals surface area (Å²) in [6, 6.07) is 6.48. The number of hydrogen-bond acceptors (Lipinski definition) is 2. The second kappa shape index (κ2) is 7.68. The number of aliphatic carboxylic acids is 1. The summed E-state index contributed by atoms with van der Waals surface area (Å²) in [5.41, 5.74) is 1.68. The predicted molar refractivity (Wildman–Crippen MR) is 78.8 cm³/mol. The average molecular weight is 277 g/mol. The average Bonchev–Trinajstić information content (AvgIpc) is 2.38. The lowest BCUT2D eigenvalue weighted by Crippen LogP contribution is -2.41. The van der Waals surface area contributed by atoms with Crippen LogP contribution in [0.15, 0.2) is 24.3 Å². The summed E-state index contributed by atoms with van der Waals surface area (Å²) in [6.45, 7) is 5.97. The highest BCUT2D eigenvalue weighted by Gasteiger charge is 2.21. The van der Waals surface area contributed by atoms with E-state index in [4.69, 9.17) is 5.11 Å². The van der Waals surface area contributed by atoms with Crippen LogP contribution in [0.4, 0.5) is 0 Å².